The monoisotopic (exact) mass is 188 g/mol. The summed E-state index contributed by atoms with van der Waals surface area (Å²) in [5, 5.41) is 3.54. The first-order valence-corrected chi connectivity index (χ1v) is 4.91. The van der Waals surface area contributed by atoms with E-state index < -0.39 is 0 Å². The molecule has 0 bridgehead atoms. The summed E-state index contributed by atoms with van der Waals surface area (Å²) in [5.41, 5.74) is 0. The van der Waals surface area contributed by atoms with E-state index in [-0.39, 0.29) is 13.5 Å². The van der Waals surface area contributed by atoms with Gasteiger partial charge in [0.05, 0.1) is 0 Å². The molecule has 2 fully saturated rings. The summed E-state index contributed by atoms with van der Waals surface area (Å²) in [4.78, 5) is 2.60. The van der Waals surface area contributed by atoms with Crippen LogP contribution < -0.4 is 5.32 Å². The van der Waals surface area contributed by atoms with Crippen LogP contribution in [0.4, 0.5) is 0 Å². The number of rotatable bonds is 2. The van der Waals surface area contributed by atoms with E-state index in [4.69, 9.17) is 0 Å². The molecule has 2 saturated heterocycles. The van der Waals surface area contributed by atoms with E-state index in [1.165, 1.54) is 51.9 Å². The Morgan fingerprint density at radius 1 is 1.17 bits per heavy atom. The Morgan fingerprint density at radius 3 is 2.50 bits per heavy atom. The van der Waals surface area contributed by atoms with Gasteiger partial charge in [0.25, 0.3) is 0 Å². The third-order valence-corrected chi connectivity index (χ3v) is 2.84. The van der Waals surface area contributed by atoms with Crippen molar-refractivity contribution in [2.45, 2.75) is 31.7 Å². The molecule has 72 valence electrons. The van der Waals surface area contributed by atoms with Gasteiger partial charge in [0.2, 0.25) is 0 Å². The van der Waals surface area contributed by atoms with E-state index >= 15 is 0 Å². The van der Waals surface area contributed by atoms with E-state index in [1.807, 2.05) is 0 Å². The van der Waals surface area contributed by atoms with Gasteiger partial charge < -0.3 is 10.2 Å². The number of likely N-dealkylation sites (tertiary alicyclic amines) is 1. The minimum atomic E-state index is 0. The average molecular weight is 188 g/mol. The fraction of sp³-hybridized carbons (Fsp3) is 1.00. The second-order valence-corrected chi connectivity index (χ2v) is 3.80. The Morgan fingerprint density at radius 2 is 1.92 bits per heavy atom. The van der Waals surface area contributed by atoms with Crippen molar-refractivity contribution in [2.75, 3.05) is 26.2 Å². The average Bonchev–Trinajstić information content (AvgIpc) is 2.60. The summed E-state index contributed by atoms with van der Waals surface area (Å²) in [6.07, 6.45) is 5.63. The fourth-order valence-corrected chi connectivity index (χ4v) is 2.19. The van der Waals surface area contributed by atoms with Gasteiger partial charge in [-0.25, -0.2) is 0 Å². The van der Waals surface area contributed by atoms with Gasteiger partial charge in [-0.3, -0.25) is 0 Å². The smallest absolute Gasteiger partial charge is 0.0195 e. The third-order valence-electron chi connectivity index (χ3n) is 2.84. The van der Waals surface area contributed by atoms with Crippen molar-refractivity contribution in [3.63, 3.8) is 0 Å². The number of nitrogens with zero attached hydrogens (tertiary/aromatic N) is 1. The van der Waals surface area contributed by atoms with Gasteiger partial charge in [-0.1, -0.05) is 0 Å². The van der Waals surface area contributed by atoms with Crippen molar-refractivity contribution in [3.8, 4) is 0 Å². The van der Waals surface area contributed by atoms with Crippen molar-refractivity contribution >= 4 is 13.5 Å². The minimum absolute atomic E-state index is 0. The second kappa shape index (κ2) is 5.10. The molecule has 0 aromatic heterocycles. The van der Waals surface area contributed by atoms with Crippen molar-refractivity contribution in [2.24, 2.45) is 0 Å². The van der Waals surface area contributed by atoms with E-state index in [9.17, 15) is 0 Å². The van der Waals surface area contributed by atoms with Crippen LogP contribution in [0, 0.1) is 0 Å². The standard InChI is InChI=1S/C9H18N2.H2S/c1-2-7-11(6-1)8-9-4-3-5-10-9;/h9-10H,1-8H2;1H2/t9-;/m0./s1. The van der Waals surface area contributed by atoms with Crippen LogP contribution in [0.3, 0.4) is 0 Å². The Bertz CT molecular complexity index is 104. The van der Waals surface area contributed by atoms with Crippen molar-refractivity contribution in [1.29, 1.82) is 0 Å². The molecule has 0 saturated carbocycles. The third kappa shape index (κ3) is 2.64. The summed E-state index contributed by atoms with van der Waals surface area (Å²) in [6.45, 7) is 5.24. The van der Waals surface area contributed by atoms with Gasteiger partial charge in [-0.15, -0.1) is 0 Å². The summed E-state index contributed by atoms with van der Waals surface area (Å²) in [5.74, 6) is 0. The molecule has 0 amide bonds. The van der Waals surface area contributed by atoms with Crippen LogP contribution in [0.2, 0.25) is 0 Å². The summed E-state index contributed by atoms with van der Waals surface area (Å²) in [6, 6.07) is 0.813. The highest BCUT2D eigenvalue weighted by molar-refractivity contribution is 7.59. The van der Waals surface area contributed by atoms with Gasteiger partial charge in [-0.2, -0.15) is 13.5 Å². The maximum absolute atomic E-state index is 3.54. The van der Waals surface area contributed by atoms with Crippen LogP contribution in [0.5, 0.6) is 0 Å². The van der Waals surface area contributed by atoms with Crippen LogP contribution in [-0.4, -0.2) is 37.1 Å². The molecule has 12 heavy (non-hydrogen) atoms. The molecule has 0 spiro atoms. The van der Waals surface area contributed by atoms with Crippen molar-refractivity contribution < 1.29 is 0 Å². The van der Waals surface area contributed by atoms with Crippen molar-refractivity contribution in [1.82, 2.24) is 10.2 Å². The van der Waals surface area contributed by atoms with E-state index in [0.717, 1.165) is 6.04 Å². The first kappa shape index (κ1) is 10.4. The number of hydrogen-bond acceptors (Lipinski definition) is 2. The molecule has 0 aromatic carbocycles. The molecular formula is C9H20N2S. The van der Waals surface area contributed by atoms with Gasteiger partial charge >= 0.3 is 0 Å². The lowest BCUT2D eigenvalue weighted by atomic mass is 10.2. The van der Waals surface area contributed by atoms with E-state index in [1.54, 1.807) is 0 Å². The topological polar surface area (TPSA) is 15.3 Å². The van der Waals surface area contributed by atoms with Gasteiger partial charge in [0.15, 0.2) is 0 Å². The number of nitrogens with one attached hydrogen (secondary N) is 1. The molecule has 1 N–H and O–H groups in total. The van der Waals surface area contributed by atoms with E-state index in [2.05, 4.69) is 10.2 Å². The second-order valence-electron chi connectivity index (χ2n) is 3.80. The Labute approximate surface area is 82.1 Å². The minimum Gasteiger partial charge on any atom is -0.313 e. The van der Waals surface area contributed by atoms with Crippen LogP contribution in [0.25, 0.3) is 0 Å². The lowest BCUT2D eigenvalue weighted by molar-refractivity contribution is 0.303. The Kier molecular flexibility index (Phi) is 4.40. The first-order chi connectivity index (χ1) is 5.45. The molecule has 0 unspecified atom stereocenters. The molecule has 3 heteroatoms. The Balaban J connectivity index is 0.000000720. The summed E-state index contributed by atoms with van der Waals surface area (Å²) < 4.78 is 0. The first-order valence-electron chi connectivity index (χ1n) is 4.91. The summed E-state index contributed by atoms with van der Waals surface area (Å²) >= 11 is 0. The molecule has 1 atom stereocenters. The molecule has 2 aliphatic heterocycles. The molecule has 0 aromatic rings. The van der Waals surface area contributed by atoms with Crippen LogP contribution >= 0.6 is 13.5 Å². The lowest BCUT2D eigenvalue weighted by Gasteiger charge is -2.19. The molecule has 2 nitrogen and oxygen atoms in total. The molecule has 0 aliphatic carbocycles. The summed E-state index contributed by atoms with van der Waals surface area (Å²) in [7, 11) is 0. The van der Waals surface area contributed by atoms with Crippen LogP contribution in [0.15, 0.2) is 0 Å². The zero-order valence-corrected chi connectivity index (χ0v) is 8.68. The zero-order valence-electron chi connectivity index (χ0n) is 7.68. The van der Waals surface area contributed by atoms with Crippen LogP contribution in [0.1, 0.15) is 25.7 Å². The number of hydrogen-bond donors (Lipinski definition) is 1. The highest BCUT2D eigenvalue weighted by atomic mass is 32.1. The highest BCUT2D eigenvalue weighted by Crippen LogP contribution is 2.11. The van der Waals surface area contributed by atoms with Gasteiger partial charge in [0, 0.05) is 12.6 Å². The van der Waals surface area contributed by atoms with Gasteiger partial charge in [0.1, 0.15) is 0 Å². The molecular weight excluding hydrogens is 168 g/mol. The molecule has 2 rings (SSSR count). The maximum atomic E-state index is 3.54. The quantitative estimate of drug-likeness (QED) is 0.694. The Hall–Kier alpha value is 0.270. The largest absolute Gasteiger partial charge is 0.313 e. The lowest BCUT2D eigenvalue weighted by Crippen LogP contribution is -2.35. The molecule has 0 radical (unpaired) electrons. The van der Waals surface area contributed by atoms with E-state index in [0.29, 0.717) is 0 Å². The van der Waals surface area contributed by atoms with Crippen LogP contribution in [-0.2, 0) is 0 Å². The predicted octanol–water partition coefficient (Wildman–Crippen LogP) is 0.947. The maximum Gasteiger partial charge on any atom is 0.0195 e. The fourth-order valence-electron chi connectivity index (χ4n) is 2.19. The normalized spacial score (nSPS) is 30.5. The zero-order chi connectivity index (χ0) is 7.52. The van der Waals surface area contributed by atoms with Crippen molar-refractivity contribution in [3.05, 3.63) is 0 Å². The SMILES string of the molecule is C1CN[C@H](CN2CCCC2)C1.S. The predicted molar refractivity (Wildman–Crippen MR) is 57.1 cm³/mol. The molecule has 2 aliphatic rings. The van der Waals surface area contributed by atoms with Gasteiger partial charge in [-0.05, 0) is 45.3 Å². The molecule has 2 heterocycles. The highest BCUT2D eigenvalue weighted by Gasteiger charge is 2.19.